The van der Waals surface area contributed by atoms with Gasteiger partial charge in [0.05, 0.1) is 6.26 Å². The molecule has 0 aliphatic carbocycles. The van der Waals surface area contributed by atoms with Crippen LogP contribution in [0.1, 0.15) is 33.0 Å². The van der Waals surface area contributed by atoms with E-state index in [0.29, 0.717) is 0 Å². The average molecular weight is 138 g/mol. The second-order valence-corrected chi connectivity index (χ2v) is 3.21. The number of furan rings is 1. The lowest BCUT2D eigenvalue weighted by Gasteiger charge is -2.18. The van der Waals surface area contributed by atoms with E-state index in [4.69, 9.17) is 4.42 Å². The van der Waals surface area contributed by atoms with Gasteiger partial charge in [-0.25, -0.2) is 0 Å². The molecule has 0 atom stereocenters. The van der Waals surface area contributed by atoms with Crippen molar-refractivity contribution < 1.29 is 4.42 Å². The highest BCUT2D eigenvalue weighted by Gasteiger charge is 2.20. The first-order valence-electron chi connectivity index (χ1n) is 3.71. The molecule has 0 bridgehead atoms. The Morgan fingerprint density at radius 3 is 2.60 bits per heavy atom. The summed E-state index contributed by atoms with van der Waals surface area (Å²) in [6, 6.07) is 3.97. The third-order valence-electron chi connectivity index (χ3n) is 2.07. The van der Waals surface area contributed by atoms with Gasteiger partial charge in [-0.2, -0.15) is 0 Å². The standard InChI is InChI=1S/C9H14O/c1-4-9(2,3)8-6-5-7-10-8/h5-7H,4H2,1-3H3. The van der Waals surface area contributed by atoms with Gasteiger partial charge in [-0.1, -0.05) is 20.8 Å². The van der Waals surface area contributed by atoms with Crippen molar-refractivity contribution in [1.29, 1.82) is 0 Å². The van der Waals surface area contributed by atoms with Crippen LogP contribution in [0.4, 0.5) is 0 Å². The van der Waals surface area contributed by atoms with Gasteiger partial charge >= 0.3 is 0 Å². The Labute approximate surface area is 62.1 Å². The van der Waals surface area contributed by atoms with Gasteiger partial charge in [0, 0.05) is 5.41 Å². The monoisotopic (exact) mass is 138 g/mol. The van der Waals surface area contributed by atoms with Crippen molar-refractivity contribution in [2.45, 2.75) is 32.6 Å². The highest BCUT2D eigenvalue weighted by atomic mass is 16.3. The molecule has 0 radical (unpaired) electrons. The number of rotatable bonds is 2. The maximum absolute atomic E-state index is 5.29. The zero-order valence-corrected chi connectivity index (χ0v) is 6.85. The molecule has 0 aliphatic heterocycles. The van der Waals surface area contributed by atoms with Crippen LogP contribution in [0.25, 0.3) is 0 Å². The largest absolute Gasteiger partial charge is 0.469 e. The molecule has 1 nitrogen and oxygen atoms in total. The minimum absolute atomic E-state index is 0.198. The molecule has 0 spiro atoms. The molecule has 1 aromatic heterocycles. The smallest absolute Gasteiger partial charge is 0.109 e. The highest BCUT2D eigenvalue weighted by Crippen LogP contribution is 2.26. The van der Waals surface area contributed by atoms with E-state index in [0.717, 1.165) is 12.2 Å². The zero-order valence-electron chi connectivity index (χ0n) is 6.85. The van der Waals surface area contributed by atoms with Gasteiger partial charge in [0.15, 0.2) is 0 Å². The summed E-state index contributed by atoms with van der Waals surface area (Å²) in [6.07, 6.45) is 2.84. The summed E-state index contributed by atoms with van der Waals surface area (Å²) < 4.78 is 5.29. The van der Waals surface area contributed by atoms with Crippen LogP contribution >= 0.6 is 0 Å². The van der Waals surface area contributed by atoms with Crippen LogP contribution < -0.4 is 0 Å². The molecule has 0 amide bonds. The van der Waals surface area contributed by atoms with E-state index in [2.05, 4.69) is 20.8 Å². The first-order chi connectivity index (χ1) is 4.67. The number of hydrogen-bond donors (Lipinski definition) is 0. The van der Waals surface area contributed by atoms with Gasteiger partial charge in [0.1, 0.15) is 5.76 Å². The molecule has 0 saturated carbocycles. The summed E-state index contributed by atoms with van der Waals surface area (Å²) in [4.78, 5) is 0. The van der Waals surface area contributed by atoms with Crippen molar-refractivity contribution in [2.24, 2.45) is 0 Å². The van der Waals surface area contributed by atoms with Gasteiger partial charge < -0.3 is 4.42 Å². The minimum atomic E-state index is 0.198. The summed E-state index contributed by atoms with van der Waals surface area (Å²) >= 11 is 0. The zero-order chi connectivity index (χ0) is 7.61. The van der Waals surface area contributed by atoms with Crippen molar-refractivity contribution in [2.75, 3.05) is 0 Å². The third-order valence-corrected chi connectivity index (χ3v) is 2.07. The quantitative estimate of drug-likeness (QED) is 0.612. The maximum Gasteiger partial charge on any atom is 0.109 e. The summed E-state index contributed by atoms with van der Waals surface area (Å²) in [5.41, 5.74) is 0.198. The fourth-order valence-corrected chi connectivity index (χ4v) is 0.838. The normalized spacial score (nSPS) is 11.9. The van der Waals surface area contributed by atoms with E-state index < -0.39 is 0 Å². The van der Waals surface area contributed by atoms with Crippen LogP contribution in [0.15, 0.2) is 22.8 Å². The molecule has 10 heavy (non-hydrogen) atoms. The Hall–Kier alpha value is -0.720. The summed E-state index contributed by atoms with van der Waals surface area (Å²) in [7, 11) is 0. The fraction of sp³-hybridized carbons (Fsp3) is 0.556. The van der Waals surface area contributed by atoms with Gasteiger partial charge in [-0.3, -0.25) is 0 Å². The Kier molecular flexibility index (Phi) is 1.84. The van der Waals surface area contributed by atoms with E-state index in [9.17, 15) is 0 Å². The molecule has 0 saturated heterocycles. The summed E-state index contributed by atoms with van der Waals surface area (Å²) in [5.74, 6) is 1.08. The van der Waals surface area contributed by atoms with Crippen molar-refractivity contribution in [3.05, 3.63) is 24.2 Å². The molecular formula is C9H14O. The second-order valence-electron chi connectivity index (χ2n) is 3.21. The van der Waals surface area contributed by atoms with Gasteiger partial charge in [0.2, 0.25) is 0 Å². The van der Waals surface area contributed by atoms with E-state index in [1.165, 1.54) is 0 Å². The van der Waals surface area contributed by atoms with Gasteiger partial charge in [0.25, 0.3) is 0 Å². The summed E-state index contributed by atoms with van der Waals surface area (Å²) in [5, 5.41) is 0. The molecule has 0 N–H and O–H groups in total. The SMILES string of the molecule is CCC(C)(C)c1ccco1. The Balaban J connectivity index is 2.85. The predicted octanol–water partition coefficient (Wildman–Crippen LogP) is 2.97. The molecular weight excluding hydrogens is 124 g/mol. The molecule has 56 valence electrons. The lowest BCUT2D eigenvalue weighted by molar-refractivity contribution is 0.375. The van der Waals surface area contributed by atoms with Crippen molar-refractivity contribution in [3.63, 3.8) is 0 Å². The Morgan fingerprint density at radius 2 is 2.20 bits per heavy atom. The van der Waals surface area contributed by atoms with Crippen molar-refractivity contribution in [3.8, 4) is 0 Å². The first-order valence-corrected chi connectivity index (χ1v) is 3.71. The number of hydrogen-bond acceptors (Lipinski definition) is 1. The Morgan fingerprint density at radius 1 is 1.50 bits per heavy atom. The molecule has 0 aromatic carbocycles. The van der Waals surface area contributed by atoms with Crippen molar-refractivity contribution >= 4 is 0 Å². The van der Waals surface area contributed by atoms with Crippen molar-refractivity contribution in [1.82, 2.24) is 0 Å². The fourth-order valence-electron chi connectivity index (χ4n) is 0.838. The lowest BCUT2D eigenvalue weighted by Crippen LogP contribution is -2.13. The molecule has 0 aliphatic rings. The molecule has 1 heterocycles. The van der Waals surface area contributed by atoms with E-state index in [1.54, 1.807) is 6.26 Å². The van der Waals surface area contributed by atoms with E-state index in [1.807, 2.05) is 12.1 Å². The highest BCUT2D eigenvalue weighted by molar-refractivity contribution is 5.09. The van der Waals surface area contributed by atoms with E-state index in [-0.39, 0.29) is 5.41 Å². The molecule has 1 heteroatoms. The van der Waals surface area contributed by atoms with Crippen LogP contribution in [0.3, 0.4) is 0 Å². The van der Waals surface area contributed by atoms with Crippen LogP contribution in [-0.4, -0.2) is 0 Å². The van der Waals surface area contributed by atoms with Crippen LogP contribution in [-0.2, 0) is 5.41 Å². The second kappa shape index (κ2) is 2.49. The predicted molar refractivity (Wildman–Crippen MR) is 42.0 cm³/mol. The topological polar surface area (TPSA) is 13.1 Å². The van der Waals surface area contributed by atoms with Gasteiger partial charge in [-0.05, 0) is 18.6 Å². The summed E-state index contributed by atoms with van der Waals surface area (Å²) in [6.45, 7) is 6.54. The molecule has 0 fully saturated rings. The maximum atomic E-state index is 5.29. The molecule has 0 unspecified atom stereocenters. The third kappa shape index (κ3) is 1.23. The average Bonchev–Trinajstić information content (AvgIpc) is 2.38. The van der Waals surface area contributed by atoms with E-state index >= 15 is 0 Å². The van der Waals surface area contributed by atoms with Gasteiger partial charge in [-0.15, -0.1) is 0 Å². The van der Waals surface area contributed by atoms with Crippen LogP contribution in [0.5, 0.6) is 0 Å². The van der Waals surface area contributed by atoms with Crippen LogP contribution in [0, 0.1) is 0 Å². The lowest BCUT2D eigenvalue weighted by atomic mass is 9.88. The minimum Gasteiger partial charge on any atom is -0.469 e. The molecule has 1 aromatic rings. The van der Waals surface area contributed by atoms with Crippen LogP contribution in [0.2, 0.25) is 0 Å². The first kappa shape index (κ1) is 7.39. The Bertz CT molecular complexity index is 185. The molecule has 1 rings (SSSR count).